The standard InChI is InChI=1S/C15H16O4/c16-11-3-1-2-10(8-11)4-7-14(18)13-6-5-12(17)9-15(13)19/h1-3,5-6,8-9,14,16-19H,4,7H2. The molecule has 0 heterocycles. The molecule has 2 aromatic carbocycles. The fraction of sp³-hybridized carbons (Fsp3) is 0.200. The number of hydrogen-bond donors (Lipinski definition) is 4. The van der Waals surface area contributed by atoms with Crippen molar-refractivity contribution in [2.45, 2.75) is 18.9 Å². The van der Waals surface area contributed by atoms with Crippen LogP contribution in [-0.4, -0.2) is 20.4 Å². The Hall–Kier alpha value is -2.20. The van der Waals surface area contributed by atoms with Gasteiger partial charge < -0.3 is 20.4 Å². The molecule has 1 atom stereocenters. The molecule has 0 aliphatic carbocycles. The Morgan fingerprint density at radius 1 is 0.895 bits per heavy atom. The van der Waals surface area contributed by atoms with Crippen LogP contribution in [-0.2, 0) is 6.42 Å². The second kappa shape index (κ2) is 5.63. The highest BCUT2D eigenvalue weighted by molar-refractivity contribution is 5.40. The van der Waals surface area contributed by atoms with E-state index in [-0.39, 0.29) is 17.2 Å². The van der Waals surface area contributed by atoms with E-state index in [1.807, 2.05) is 6.07 Å². The van der Waals surface area contributed by atoms with Gasteiger partial charge in [0.2, 0.25) is 0 Å². The van der Waals surface area contributed by atoms with Crippen molar-refractivity contribution in [2.75, 3.05) is 0 Å². The topological polar surface area (TPSA) is 80.9 Å². The Balaban J connectivity index is 2.03. The number of rotatable bonds is 4. The van der Waals surface area contributed by atoms with Gasteiger partial charge in [0.1, 0.15) is 17.2 Å². The van der Waals surface area contributed by atoms with E-state index in [1.165, 1.54) is 18.2 Å². The van der Waals surface area contributed by atoms with E-state index in [0.29, 0.717) is 18.4 Å². The zero-order valence-electron chi connectivity index (χ0n) is 10.3. The molecule has 100 valence electrons. The molecule has 0 radical (unpaired) electrons. The lowest BCUT2D eigenvalue weighted by molar-refractivity contribution is 0.164. The Morgan fingerprint density at radius 3 is 2.32 bits per heavy atom. The number of benzene rings is 2. The number of aliphatic hydroxyl groups is 1. The summed E-state index contributed by atoms with van der Waals surface area (Å²) in [5, 5.41) is 38.2. The van der Waals surface area contributed by atoms with Crippen LogP contribution in [0.1, 0.15) is 23.7 Å². The minimum atomic E-state index is -0.817. The molecule has 19 heavy (non-hydrogen) atoms. The van der Waals surface area contributed by atoms with Crippen molar-refractivity contribution < 1.29 is 20.4 Å². The average Bonchev–Trinajstić information content (AvgIpc) is 2.36. The molecule has 0 bridgehead atoms. The third-order valence-corrected chi connectivity index (χ3v) is 2.99. The maximum Gasteiger partial charge on any atom is 0.125 e. The molecule has 0 aliphatic heterocycles. The molecule has 2 aromatic rings. The molecule has 0 aliphatic rings. The molecule has 0 saturated heterocycles. The fourth-order valence-corrected chi connectivity index (χ4v) is 1.98. The van der Waals surface area contributed by atoms with E-state index in [4.69, 9.17) is 0 Å². The average molecular weight is 260 g/mol. The van der Waals surface area contributed by atoms with Gasteiger partial charge in [-0.2, -0.15) is 0 Å². The monoisotopic (exact) mass is 260 g/mol. The summed E-state index contributed by atoms with van der Waals surface area (Å²) in [6.45, 7) is 0. The Labute approximate surface area is 111 Å². The van der Waals surface area contributed by atoms with E-state index in [2.05, 4.69) is 0 Å². The first-order valence-corrected chi connectivity index (χ1v) is 6.04. The summed E-state index contributed by atoms with van der Waals surface area (Å²) >= 11 is 0. The SMILES string of the molecule is Oc1cccc(CCC(O)c2ccc(O)cc2O)c1. The molecule has 0 spiro atoms. The summed E-state index contributed by atoms with van der Waals surface area (Å²) < 4.78 is 0. The third kappa shape index (κ3) is 3.39. The van der Waals surface area contributed by atoms with Crippen molar-refractivity contribution in [2.24, 2.45) is 0 Å². The largest absolute Gasteiger partial charge is 0.508 e. The smallest absolute Gasteiger partial charge is 0.125 e. The van der Waals surface area contributed by atoms with Crippen LogP contribution in [0.15, 0.2) is 42.5 Å². The van der Waals surface area contributed by atoms with Gasteiger partial charge in [-0.15, -0.1) is 0 Å². The Bertz CT molecular complexity index is 566. The van der Waals surface area contributed by atoms with Gasteiger partial charge in [-0.05, 0) is 42.7 Å². The predicted octanol–water partition coefficient (Wildman–Crippen LogP) is 2.47. The lowest BCUT2D eigenvalue weighted by atomic mass is 10.0. The van der Waals surface area contributed by atoms with Gasteiger partial charge in [0.15, 0.2) is 0 Å². The zero-order chi connectivity index (χ0) is 13.8. The van der Waals surface area contributed by atoms with E-state index >= 15 is 0 Å². The van der Waals surface area contributed by atoms with Gasteiger partial charge in [-0.25, -0.2) is 0 Å². The normalized spacial score (nSPS) is 12.3. The van der Waals surface area contributed by atoms with Gasteiger partial charge >= 0.3 is 0 Å². The first kappa shape index (κ1) is 13.2. The molecule has 4 heteroatoms. The number of phenolic OH excluding ortho intramolecular Hbond substituents is 3. The van der Waals surface area contributed by atoms with Crippen molar-refractivity contribution in [3.63, 3.8) is 0 Å². The molecule has 4 N–H and O–H groups in total. The van der Waals surface area contributed by atoms with E-state index < -0.39 is 6.10 Å². The van der Waals surface area contributed by atoms with E-state index in [0.717, 1.165) is 5.56 Å². The number of hydrogen-bond acceptors (Lipinski definition) is 4. The highest BCUT2D eigenvalue weighted by Crippen LogP contribution is 2.30. The van der Waals surface area contributed by atoms with Crippen LogP contribution in [0.2, 0.25) is 0 Å². The summed E-state index contributed by atoms with van der Waals surface area (Å²) in [7, 11) is 0. The van der Waals surface area contributed by atoms with Crippen molar-refractivity contribution in [3.05, 3.63) is 53.6 Å². The van der Waals surface area contributed by atoms with Gasteiger partial charge in [0.05, 0.1) is 6.10 Å². The summed E-state index contributed by atoms with van der Waals surface area (Å²) in [6, 6.07) is 11.0. The second-order valence-electron chi connectivity index (χ2n) is 4.47. The molecular formula is C15H16O4. The van der Waals surface area contributed by atoms with Crippen molar-refractivity contribution in [1.29, 1.82) is 0 Å². The molecule has 0 fully saturated rings. The summed E-state index contributed by atoms with van der Waals surface area (Å²) in [5.74, 6) is 0.0318. The van der Waals surface area contributed by atoms with Crippen molar-refractivity contribution in [1.82, 2.24) is 0 Å². The van der Waals surface area contributed by atoms with Crippen LogP contribution in [0.4, 0.5) is 0 Å². The maximum absolute atomic E-state index is 10.0. The number of aromatic hydroxyl groups is 3. The van der Waals surface area contributed by atoms with Crippen LogP contribution in [0.25, 0.3) is 0 Å². The molecule has 4 nitrogen and oxygen atoms in total. The Morgan fingerprint density at radius 2 is 1.63 bits per heavy atom. The molecule has 2 rings (SSSR count). The molecule has 1 unspecified atom stereocenters. The van der Waals surface area contributed by atoms with Crippen molar-refractivity contribution >= 4 is 0 Å². The van der Waals surface area contributed by atoms with Crippen LogP contribution < -0.4 is 0 Å². The first-order valence-electron chi connectivity index (χ1n) is 6.04. The van der Waals surface area contributed by atoms with Crippen LogP contribution in [0.5, 0.6) is 17.2 Å². The third-order valence-electron chi connectivity index (χ3n) is 2.99. The summed E-state index contributed by atoms with van der Waals surface area (Å²) in [4.78, 5) is 0. The highest BCUT2D eigenvalue weighted by Gasteiger charge is 2.12. The predicted molar refractivity (Wildman–Crippen MR) is 71.2 cm³/mol. The number of phenols is 3. The van der Waals surface area contributed by atoms with E-state index in [9.17, 15) is 20.4 Å². The zero-order valence-corrected chi connectivity index (χ0v) is 10.3. The quantitative estimate of drug-likeness (QED) is 0.680. The minimum Gasteiger partial charge on any atom is -0.508 e. The molecule has 0 saturated carbocycles. The van der Waals surface area contributed by atoms with Gasteiger partial charge in [0, 0.05) is 11.6 Å². The van der Waals surface area contributed by atoms with Gasteiger partial charge in [0.25, 0.3) is 0 Å². The molecule has 0 aromatic heterocycles. The van der Waals surface area contributed by atoms with Gasteiger partial charge in [-0.1, -0.05) is 12.1 Å². The lowest BCUT2D eigenvalue weighted by Crippen LogP contribution is -2.00. The number of aliphatic hydroxyl groups excluding tert-OH is 1. The minimum absolute atomic E-state index is 0.0403. The molecule has 0 amide bonds. The van der Waals surface area contributed by atoms with Crippen LogP contribution >= 0.6 is 0 Å². The first-order chi connectivity index (χ1) is 9.06. The maximum atomic E-state index is 10.0. The molecular weight excluding hydrogens is 244 g/mol. The van der Waals surface area contributed by atoms with Crippen LogP contribution in [0, 0.1) is 0 Å². The van der Waals surface area contributed by atoms with Crippen molar-refractivity contribution in [3.8, 4) is 17.2 Å². The summed E-state index contributed by atoms with van der Waals surface area (Å²) in [6.07, 6.45) is 0.181. The van der Waals surface area contributed by atoms with Crippen LogP contribution in [0.3, 0.4) is 0 Å². The Kier molecular flexibility index (Phi) is 3.92. The second-order valence-corrected chi connectivity index (χ2v) is 4.47. The highest BCUT2D eigenvalue weighted by atomic mass is 16.3. The lowest BCUT2D eigenvalue weighted by Gasteiger charge is -2.13. The summed E-state index contributed by atoms with van der Waals surface area (Å²) in [5.41, 5.74) is 1.30. The van der Waals surface area contributed by atoms with E-state index in [1.54, 1.807) is 18.2 Å². The number of aryl methyl sites for hydroxylation is 1. The fourth-order valence-electron chi connectivity index (χ4n) is 1.98. The van der Waals surface area contributed by atoms with Gasteiger partial charge in [-0.3, -0.25) is 0 Å².